The molecule has 0 aliphatic carbocycles. The third kappa shape index (κ3) is 3.00. The zero-order valence-corrected chi connectivity index (χ0v) is 11.6. The maximum Gasteiger partial charge on any atom is 0.284 e. The largest absolute Gasteiger partial charge is 0.322 e. The molecular formula is C13H8BrFN2O3. The monoisotopic (exact) mass is 338 g/mol. The predicted molar refractivity (Wildman–Crippen MR) is 75.1 cm³/mol. The number of nitrogens with one attached hydrogen (secondary N) is 1. The molecule has 0 saturated carbocycles. The highest BCUT2D eigenvalue weighted by Crippen LogP contribution is 2.28. The van der Waals surface area contributed by atoms with Gasteiger partial charge in [0.05, 0.1) is 10.5 Å². The zero-order valence-electron chi connectivity index (χ0n) is 9.97. The van der Waals surface area contributed by atoms with Crippen LogP contribution in [0.4, 0.5) is 15.8 Å². The number of nitrogens with zero attached hydrogens (tertiary/aromatic N) is 1. The van der Waals surface area contributed by atoms with Crippen molar-refractivity contribution >= 4 is 33.2 Å². The lowest BCUT2D eigenvalue weighted by atomic mass is 10.2. The molecule has 5 nitrogen and oxygen atoms in total. The first-order valence-corrected chi connectivity index (χ1v) is 6.28. The highest BCUT2D eigenvalue weighted by Gasteiger charge is 2.19. The van der Waals surface area contributed by atoms with Gasteiger partial charge >= 0.3 is 0 Å². The highest BCUT2D eigenvalue weighted by atomic mass is 79.9. The molecule has 1 amide bonds. The van der Waals surface area contributed by atoms with Crippen molar-refractivity contribution < 1.29 is 14.1 Å². The summed E-state index contributed by atoms with van der Waals surface area (Å²) in [5.74, 6) is -1.05. The van der Waals surface area contributed by atoms with Crippen molar-refractivity contribution in [1.82, 2.24) is 0 Å². The van der Waals surface area contributed by atoms with Crippen LogP contribution in [0.25, 0.3) is 0 Å². The predicted octanol–water partition coefficient (Wildman–Crippen LogP) is 3.75. The van der Waals surface area contributed by atoms with Gasteiger partial charge in [-0.1, -0.05) is 12.1 Å². The van der Waals surface area contributed by atoms with Gasteiger partial charge in [-0.2, -0.15) is 0 Å². The lowest BCUT2D eigenvalue weighted by Crippen LogP contribution is -2.13. The Kier molecular flexibility index (Phi) is 4.09. The van der Waals surface area contributed by atoms with Gasteiger partial charge in [0, 0.05) is 11.8 Å². The van der Waals surface area contributed by atoms with E-state index < -0.39 is 16.6 Å². The standard InChI is InChI=1S/C13H8BrFN2O3/c14-12-10(5-2-6-11(12)17(19)20)13(18)16-9-4-1-3-8(15)7-9/h1-7H,(H,16,18). The first-order chi connectivity index (χ1) is 9.49. The molecule has 0 aliphatic heterocycles. The molecule has 0 atom stereocenters. The summed E-state index contributed by atoms with van der Waals surface area (Å²) in [6.07, 6.45) is 0. The molecule has 0 aliphatic rings. The van der Waals surface area contributed by atoms with Crippen LogP contribution in [0.2, 0.25) is 0 Å². The van der Waals surface area contributed by atoms with Crippen molar-refractivity contribution in [1.29, 1.82) is 0 Å². The summed E-state index contributed by atoms with van der Waals surface area (Å²) in [6, 6.07) is 9.50. The van der Waals surface area contributed by atoms with Gasteiger partial charge in [0.25, 0.3) is 11.6 Å². The van der Waals surface area contributed by atoms with Crippen LogP contribution in [0.5, 0.6) is 0 Å². The minimum absolute atomic E-state index is 0.0823. The Morgan fingerprint density at radius 3 is 2.60 bits per heavy atom. The van der Waals surface area contributed by atoms with Crippen molar-refractivity contribution in [3.8, 4) is 0 Å². The fourth-order valence-corrected chi connectivity index (χ4v) is 2.19. The van der Waals surface area contributed by atoms with Crippen LogP contribution >= 0.6 is 15.9 Å². The van der Waals surface area contributed by atoms with E-state index in [4.69, 9.17) is 0 Å². The van der Waals surface area contributed by atoms with E-state index in [2.05, 4.69) is 21.2 Å². The number of nitro benzene ring substituents is 1. The van der Waals surface area contributed by atoms with Crippen molar-refractivity contribution in [2.24, 2.45) is 0 Å². The SMILES string of the molecule is O=C(Nc1cccc(F)c1)c1cccc([N+](=O)[O-])c1Br. The Balaban J connectivity index is 2.30. The molecular weight excluding hydrogens is 331 g/mol. The van der Waals surface area contributed by atoms with Gasteiger partial charge in [-0.3, -0.25) is 14.9 Å². The van der Waals surface area contributed by atoms with Crippen LogP contribution in [0, 0.1) is 15.9 Å². The number of carbonyl (C=O) groups excluding carboxylic acids is 1. The zero-order chi connectivity index (χ0) is 14.7. The van der Waals surface area contributed by atoms with E-state index in [-0.39, 0.29) is 21.4 Å². The normalized spacial score (nSPS) is 10.1. The second-order valence-electron chi connectivity index (χ2n) is 3.86. The van der Waals surface area contributed by atoms with Crippen molar-refractivity contribution in [3.63, 3.8) is 0 Å². The smallest absolute Gasteiger partial charge is 0.284 e. The van der Waals surface area contributed by atoms with Crippen LogP contribution in [0.1, 0.15) is 10.4 Å². The first kappa shape index (κ1) is 14.1. The Bertz CT molecular complexity index is 691. The first-order valence-electron chi connectivity index (χ1n) is 5.49. The minimum atomic E-state index is -0.594. The summed E-state index contributed by atoms with van der Waals surface area (Å²) in [5, 5.41) is 13.3. The lowest BCUT2D eigenvalue weighted by molar-refractivity contribution is -0.385. The fourth-order valence-electron chi connectivity index (χ4n) is 1.60. The van der Waals surface area contributed by atoms with Crippen molar-refractivity contribution in [2.45, 2.75) is 0 Å². The summed E-state index contributed by atoms with van der Waals surface area (Å²) in [7, 11) is 0. The van der Waals surface area contributed by atoms with E-state index in [1.807, 2.05) is 0 Å². The lowest BCUT2D eigenvalue weighted by Gasteiger charge is -2.07. The van der Waals surface area contributed by atoms with Gasteiger partial charge in [-0.15, -0.1) is 0 Å². The average molecular weight is 339 g/mol. The maximum atomic E-state index is 13.0. The van der Waals surface area contributed by atoms with Gasteiger partial charge in [0.1, 0.15) is 10.3 Å². The van der Waals surface area contributed by atoms with E-state index in [9.17, 15) is 19.3 Å². The molecule has 20 heavy (non-hydrogen) atoms. The van der Waals surface area contributed by atoms with Gasteiger partial charge in [0.15, 0.2) is 0 Å². The Labute approximate surface area is 121 Å². The molecule has 102 valence electrons. The molecule has 0 aromatic heterocycles. The van der Waals surface area contributed by atoms with Gasteiger partial charge in [-0.25, -0.2) is 4.39 Å². The third-order valence-corrected chi connectivity index (χ3v) is 3.34. The molecule has 0 heterocycles. The second kappa shape index (κ2) is 5.79. The highest BCUT2D eigenvalue weighted by molar-refractivity contribution is 9.10. The van der Waals surface area contributed by atoms with Crippen molar-refractivity contribution in [2.75, 3.05) is 5.32 Å². The van der Waals surface area contributed by atoms with Crippen LogP contribution < -0.4 is 5.32 Å². The Morgan fingerprint density at radius 2 is 1.95 bits per heavy atom. The second-order valence-corrected chi connectivity index (χ2v) is 4.65. The van der Waals surface area contributed by atoms with Crippen LogP contribution in [0.15, 0.2) is 46.9 Å². The number of nitro groups is 1. The molecule has 0 spiro atoms. The molecule has 0 unspecified atom stereocenters. The number of amides is 1. The average Bonchev–Trinajstić information content (AvgIpc) is 2.38. The van der Waals surface area contributed by atoms with Gasteiger partial charge < -0.3 is 5.32 Å². The fraction of sp³-hybridized carbons (Fsp3) is 0. The maximum absolute atomic E-state index is 13.0. The van der Waals surface area contributed by atoms with Gasteiger partial charge in [-0.05, 0) is 40.2 Å². The summed E-state index contributed by atoms with van der Waals surface area (Å²) in [5.41, 5.74) is 0.161. The number of hydrogen-bond donors (Lipinski definition) is 1. The van der Waals surface area contributed by atoms with E-state index in [0.717, 1.165) is 6.07 Å². The number of benzene rings is 2. The summed E-state index contributed by atoms with van der Waals surface area (Å²) in [6.45, 7) is 0. The van der Waals surface area contributed by atoms with Crippen molar-refractivity contribution in [3.05, 3.63) is 68.4 Å². The van der Waals surface area contributed by atoms with Crippen LogP contribution in [-0.4, -0.2) is 10.8 Å². The summed E-state index contributed by atoms with van der Waals surface area (Å²) >= 11 is 3.03. The molecule has 0 bridgehead atoms. The molecule has 0 fully saturated rings. The van der Waals surface area contributed by atoms with Gasteiger partial charge in [0.2, 0.25) is 0 Å². The molecule has 0 radical (unpaired) electrons. The number of anilines is 1. The molecule has 0 saturated heterocycles. The molecule has 1 N–H and O–H groups in total. The third-order valence-electron chi connectivity index (χ3n) is 2.50. The van der Waals surface area contributed by atoms with E-state index in [1.54, 1.807) is 0 Å². The molecule has 2 aromatic rings. The topological polar surface area (TPSA) is 72.2 Å². The summed E-state index contributed by atoms with van der Waals surface area (Å²) in [4.78, 5) is 22.2. The quantitative estimate of drug-likeness (QED) is 0.684. The van der Waals surface area contributed by atoms with E-state index >= 15 is 0 Å². The number of hydrogen-bond acceptors (Lipinski definition) is 3. The van der Waals surface area contributed by atoms with Crippen LogP contribution in [-0.2, 0) is 0 Å². The number of carbonyl (C=O) groups is 1. The summed E-state index contributed by atoms with van der Waals surface area (Å²) < 4.78 is 13.1. The minimum Gasteiger partial charge on any atom is -0.322 e. The molecule has 2 aromatic carbocycles. The molecule has 2 rings (SSSR count). The molecule has 7 heteroatoms. The number of halogens is 2. The van der Waals surface area contributed by atoms with Crippen LogP contribution in [0.3, 0.4) is 0 Å². The number of rotatable bonds is 3. The Hall–Kier alpha value is -2.28. The Morgan fingerprint density at radius 1 is 1.25 bits per heavy atom. The van der Waals surface area contributed by atoms with E-state index in [0.29, 0.717) is 0 Å². The van der Waals surface area contributed by atoms with E-state index in [1.165, 1.54) is 36.4 Å².